The van der Waals surface area contributed by atoms with Crippen LogP contribution in [-0.4, -0.2) is 118 Å². The van der Waals surface area contributed by atoms with E-state index in [0.29, 0.717) is 0 Å². The summed E-state index contributed by atoms with van der Waals surface area (Å²) in [5.41, 5.74) is 2.65. The van der Waals surface area contributed by atoms with E-state index in [1.807, 2.05) is 182 Å². The quantitative estimate of drug-likeness (QED) is 0.0101. The maximum atomic E-state index is 15.7. The summed E-state index contributed by atoms with van der Waals surface area (Å²) >= 11 is 34.1. The molecule has 2 fully saturated rings. The van der Waals surface area contributed by atoms with Gasteiger partial charge in [-0.25, -0.2) is 0 Å². The van der Waals surface area contributed by atoms with Crippen LogP contribution in [0, 0.1) is 0 Å². The van der Waals surface area contributed by atoms with Crippen LogP contribution in [0.5, 0.6) is 0 Å². The molecule has 2 heterocycles. The molecule has 0 saturated carbocycles. The van der Waals surface area contributed by atoms with Crippen LogP contribution >= 0.6 is 86.1 Å². The minimum absolute atomic E-state index is 0.187. The molecule has 8 rings (SSSR count). The Morgan fingerprint density at radius 1 is 0.459 bits per heavy atom. The molecule has 4 unspecified atom stereocenters. The number of hydrogen-bond donors (Lipinski definition) is 2. The summed E-state index contributed by atoms with van der Waals surface area (Å²) in [6.45, 7) is 1.88. The predicted molar refractivity (Wildman–Crippen MR) is 332 cm³/mol. The van der Waals surface area contributed by atoms with Crippen LogP contribution in [0.25, 0.3) is 0 Å². The molecule has 2 N–H and O–H groups in total. The minimum atomic E-state index is -2.90. The number of carbonyl (C=O) groups excluding carboxylic acids is 4. The number of β-lactam (4-membered cyclic amide) rings is 2. The Morgan fingerprint density at radius 2 is 0.694 bits per heavy atom. The number of rotatable bonds is 26. The van der Waals surface area contributed by atoms with Crippen LogP contribution in [0.4, 0.5) is 0 Å². The Balaban J connectivity index is 1.30. The van der Waals surface area contributed by atoms with Gasteiger partial charge in [0.2, 0.25) is 0 Å². The molecular weight excluding hydrogens is 1440 g/mol. The molecular formula is C62H60Cl6HgN4O10S2. The fourth-order valence-corrected chi connectivity index (χ4v) is 34.4. The second-order valence-corrected chi connectivity index (χ2v) is 43.3. The van der Waals surface area contributed by atoms with Gasteiger partial charge in [0, 0.05) is 0 Å². The summed E-state index contributed by atoms with van der Waals surface area (Å²) in [7, 11) is 8.59. The van der Waals surface area contributed by atoms with E-state index in [0.717, 1.165) is 33.4 Å². The van der Waals surface area contributed by atoms with Crippen LogP contribution in [0.3, 0.4) is 0 Å². The first-order valence-corrected chi connectivity index (χ1v) is 44.4. The van der Waals surface area contributed by atoms with E-state index in [1.165, 1.54) is 54.7 Å². The van der Waals surface area contributed by atoms with Crippen molar-refractivity contribution in [1.82, 2.24) is 20.4 Å². The molecule has 4 atom stereocenters. The normalized spacial score (nSPS) is 18.0. The third-order valence-electron chi connectivity index (χ3n) is 14.5. The number of nitrogens with zero attached hydrogens (tertiary/aromatic N) is 2. The fourth-order valence-electron chi connectivity index (χ4n) is 10.7. The van der Waals surface area contributed by atoms with E-state index < -0.39 is 113 Å². The Hall–Kier alpha value is -4.18. The van der Waals surface area contributed by atoms with E-state index in [1.54, 1.807) is 13.8 Å². The number of ether oxygens (including phenoxy) is 6. The van der Waals surface area contributed by atoms with Crippen molar-refractivity contribution in [3.8, 4) is 0 Å². The summed E-state index contributed by atoms with van der Waals surface area (Å²) < 4.78 is 30.1. The number of carbonyl (C=O) groups is 4. The number of alkyl halides is 6. The first-order valence-electron chi connectivity index (χ1n) is 26.5. The number of nitrogens with one attached hydrogen (secondary N) is 2. The summed E-state index contributed by atoms with van der Waals surface area (Å²) in [6, 6.07) is 56.7. The average molecular weight is 1500 g/mol. The van der Waals surface area contributed by atoms with Gasteiger partial charge in [0.25, 0.3) is 0 Å². The number of esters is 2. The number of amides is 2. The number of methoxy groups -OCH3 is 4. The van der Waals surface area contributed by atoms with E-state index in [2.05, 4.69) is 10.6 Å². The fraction of sp³-hybridized carbons (Fsp3) is 0.290. The number of hydrogen-bond acceptors (Lipinski definition) is 14. The van der Waals surface area contributed by atoms with Crippen molar-refractivity contribution in [3.05, 3.63) is 238 Å². The van der Waals surface area contributed by atoms with Crippen molar-refractivity contribution in [3.63, 3.8) is 0 Å². The molecule has 6 aromatic rings. The second kappa shape index (κ2) is 29.9. The molecule has 0 radical (unpaired) electrons. The van der Waals surface area contributed by atoms with Crippen molar-refractivity contribution in [2.75, 3.05) is 41.7 Å². The van der Waals surface area contributed by atoms with E-state index >= 15 is 9.59 Å². The van der Waals surface area contributed by atoms with Crippen molar-refractivity contribution in [2.24, 2.45) is 0 Å². The number of halogens is 6. The van der Waals surface area contributed by atoms with Crippen molar-refractivity contribution >= 4 is 110 Å². The molecule has 0 aromatic heterocycles. The van der Waals surface area contributed by atoms with Gasteiger partial charge >= 0.3 is 547 Å². The number of benzene rings is 6. The topological polar surface area (TPSA) is 154 Å². The van der Waals surface area contributed by atoms with Gasteiger partial charge in [0.05, 0.1) is 0 Å². The van der Waals surface area contributed by atoms with Gasteiger partial charge in [0.1, 0.15) is 0 Å². The molecule has 14 nitrogen and oxygen atoms in total. The summed E-state index contributed by atoms with van der Waals surface area (Å²) in [5.74, 6) is -2.94. The average Bonchev–Trinajstić information content (AvgIpc) is 0.834. The molecule has 85 heavy (non-hydrogen) atoms. The summed E-state index contributed by atoms with van der Waals surface area (Å²) in [6.07, 6.45) is -2.26. The summed E-state index contributed by atoms with van der Waals surface area (Å²) in [4.78, 5) is 63.4. The van der Waals surface area contributed by atoms with Crippen LogP contribution in [0.2, 0.25) is 0 Å². The molecule has 23 heteroatoms. The van der Waals surface area contributed by atoms with E-state index in [9.17, 15) is 9.59 Å². The molecule has 2 saturated heterocycles. The van der Waals surface area contributed by atoms with Gasteiger partial charge in [-0.3, -0.25) is 0 Å². The van der Waals surface area contributed by atoms with Gasteiger partial charge in [0.15, 0.2) is 0 Å². The van der Waals surface area contributed by atoms with E-state index in [4.69, 9.17) is 98.0 Å². The van der Waals surface area contributed by atoms with Crippen LogP contribution in [-0.2, 0) is 80.2 Å². The molecule has 0 bridgehead atoms. The van der Waals surface area contributed by atoms with Gasteiger partial charge in [-0.2, -0.15) is 0 Å². The van der Waals surface area contributed by atoms with Gasteiger partial charge in [-0.05, 0) is 0 Å². The van der Waals surface area contributed by atoms with Crippen LogP contribution in [0.15, 0.2) is 205 Å². The molecule has 0 aliphatic carbocycles. The van der Waals surface area contributed by atoms with Crippen molar-refractivity contribution in [1.29, 1.82) is 0 Å². The molecule has 2 aliphatic heterocycles. The van der Waals surface area contributed by atoms with Gasteiger partial charge in [-0.15, -0.1) is 0 Å². The zero-order valence-corrected chi connectivity index (χ0v) is 58.6. The predicted octanol–water partition coefficient (Wildman–Crippen LogP) is 12.2. The first-order chi connectivity index (χ1) is 40.8. The van der Waals surface area contributed by atoms with Gasteiger partial charge < -0.3 is 0 Å². The van der Waals surface area contributed by atoms with E-state index in [-0.39, 0.29) is 22.5 Å². The van der Waals surface area contributed by atoms with Crippen molar-refractivity contribution < 1.29 is 69.1 Å². The Morgan fingerprint density at radius 3 is 0.906 bits per heavy atom. The molecule has 444 valence electrons. The zero-order valence-electron chi connectivity index (χ0n) is 47.0. The number of likely N-dealkylation sites (tertiary alicyclic amines) is 2. The van der Waals surface area contributed by atoms with Crippen LogP contribution in [0.1, 0.15) is 47.2 Å². The van der Waals surface area contributed by atoms with Crippen molar-refractivity contribution in [2.45, 2.75) is 67.9 Å². The van der Waals surface area contributed by atoms with Crippen LogP contribution < -0.4 is 10.6 Å². The molecule has 6 aromatic carbocycles. The first kappa shape index (κ1) is 66.8. The SMILES string of the molecule is COC(OC)/C(C)=C(/C(=O)OCC(Cl)(Cl)Cl)N1C(=O)C(NC(c2ccccc2)(c2ccccc2)c2ccccc2)C1[S][Hg][S]C1C(NC(c2ccccc2)(c2ccccc2)c2ccccc2)C(=O)N1/C(C(=O)OCC(Cl)(Cl)Cl)=C(/C)C(OC)OC. The Labute approximate surface area is 542 Å². The third kappa shape index (κ3) is 14.9. The molecule has 2 amide bonds. The Bertz CT molecular complexity index is 2880. The second-order valence-electron chi connectivity index (χ2n) is 19.6. The Kier molecular flexibility index (Phi) is 23.5. The third-order valence-corrected chi connectivity index (χ3v) is 35.3. The molecule has 2 aliphatic rings. The zero-order chi connectivity index (χ0) is 61.1. The maximum absolute atomic E-state index is 15.7. The van der Waals surface area contributed by atoms with Gasteiger partial charge in [-0.1, -0.05) is 0 Å². The monoisotopic (exact) mass is 1500 g/mol. The molecule has 0 spiro atoms. The summed E-state index contributed by atoms with van der Waals surface area (Å²) in [5, 5.41) is 6.03. The standard InChI is InChI=1S/2C31H31Cl3N2O5S.Hg/c2*1-20(29(39-2)40-3)25(28(38)41-19-30(32,33)34)36-26(37)24(27(36)42)35-31(21-13-7-4-8-14-21,22-15-9-5-10-16-22)23-17-11-6-12-18-23;/h2*4-18,24,27,29,35,42H,19H2,1-3H3;/q;;+2/p-2/b2*25-20-;.